The summed E-state index contributed by atoms with van der Waals surface area (Å²) in [6.45, 7) is 6.26. The molecular weight excluding hydrogens is 188 g/mol. The molecule has 2 nitrogen and oxygen atoms in total. The zero-order valence-electron chi connectivity index (χ0n) is 9.51. The van der Waals surface area contributed by atoms with Crippen molar-refractivity contribution in [3.63, 3.8) is 0 Å². The van der Waals surface area contributed by atoms with Crippen LogP contribution in [-0.2, 0) is 9.47 Å². The molecule has 3 atom stereocenters. The van der Waals surface area contributed by atoms with Crippen molar-refractivity contribution in [2.45, 2.75) is 45.2 Å². The SMILES string of the molecule is CC1OC(C(C)c2ccccc2)OC1C. The van der Waals surface area contributed by atoms with Gasteiger partial charge in [0.05, 0.1) is 12.2 Å². The molecule has 3 unspecified atom stereocenters. The third-order valence-electron chi connectivity index (χ3n) is 3.09. The Labute approximate surface area is 91.2 Å². The first kappa shape index (κ1) is 10.7. The van der Waals surface area contributed by atoms with Gasteiger partial charge >= 0.3 is 0 Å². The van der Waals surface area contributed by atoms with Crippen molar-refractivity contribution in [3.05, 3.63) is 35.9 Å². The quantitative estimate of drug-likeness (QED) is 0.740. The first-order valence-electron chi connectivity index (χ1n) is 5.54. The Bertz CT molecular complexity index is 300. The van der Waals surface area contributed by atoms with Gasteiger partial charge in [-0.05, 0) is 19.4 Å². The molecule has 1 aromatic rings. The topological polar surface area (TPSA) is 18.5 Å². The van der Waals surface area contributed by atoms with E-state index >= 15 is 0 Å². The van der Waals surface area contributed by atoms with Gasteiger partial charge in [-0.1, -0.05) is 37.3 Å². The van der Waals surface area contributed by atoms with E-state index in [0.717, 1.165) is 0 Å². The van der Waals surface area contributed by atoms with Crippen LogP contribution in [0.25, 0.3) is 0 Å². The molecule has 0 N–H and O–H groups in total. The average Bonchev–Trinajstić information content (AvgIpc) is 2.59. The fraction of sp³-hybridized carbons (Fsp3) is 0.538. The summed E-state index contributed by atoms with van der Waals surface area (Å²) in [4.78, 5) is 0. The van der Waals surface area contributed by atoms with Gasteiger partial charge in [-0.3, -0.25) is 0 Å². The van der Waals surface area contributed by atoms with E-state index in [-0.39, 0.29) is 18.5 Å². The van der Waals surface area contributed by atoms with Gasteiger partial charge in [-0.2, -0.15) is 0 Å². The summed E-state index contributed by atoms with van der Waals surface area (Å²) in [7, 11) is 0. The van der Waals surface area contributed by atoms with Crippen LogP contribution in [0.1, 0.15) is 32.3 Å². The lowest BCUT2D eigenvalue weighted by Crippen LogP contribution is -2.17. The molecule has 1 aliphatic rings. The lowest BCUT2D eigenvalue weighted by molar-refractivity contribution is -0.0767. The minimum absolute atomic E-state index is 0.0996. The minimum Gasteiger partial charge on any atom is -0.346 e. The van der Waals surface area contributed by atoms with E-state index in [1.807, 2.05) is 18.2 Å². The number of ether oxygens (including phenoxy) is 2. The lowest BCUT2D eigenvalue weighted by Gasteiger charge is -2.18. The Kier molecular flexibility index (Phi) is 3.08. The normalized spacial score (nSPS) is 32.9. The Morgan fingerprint density at radius 2 is 1.53 bits per heavy atom. The van der Waals surface area contributed by atoms with Crippen molar-refractivity contribution in [2.75, 3.05) is 0 Å². The fourth-order valence-electron chi connectivity index (χ4n) is 1.83. The van der Waals surface area contributed by atoms with Gasteiger partial charge in [-0.15, -0.1) is 0 Å². The second kappa shape index (κ2) is 4.33. The molecule has 0 aliphatic carbocycles. The highest BCUT2D eigenvalue weighted by atomic mass is 16.7. The Morgan fingerprint density at radius 3 is 2.07 bits per heavy atom. The Hall–Kier alpha value is -0.860. The maximum atomic E-state index is 5.77. The highest BCUT2D eigenvalue weighted by Gasteiger charge is 2.33. The second-order valence-corrected chi connectivity index (χ2v) is 4.25. The van der Waals surface area contributed by atoms with Gasteiger partial charge in [0.25, 0.3) is 0 Å². The van der Waals surface area contributed by atoms with E-state index in [9.17, 15) is 0 Å². The predicted molar refractivity (Wildman–Crippen MR) is 59.7 cm³/mol. The van der Waals surface area contributed by atoms with Crippen molar-refractivity contribution >= 4 is 0 Å². The predicted octanol–water partition coefficient (Wildman–Crippen LogP) is 2.94. The fourth-order valence-corrected chi connectivity index (χ4v) is 1.83. The molecule has 2 rings (SSSR count). The van der Waals surface area contributed by atoms with Crippen LogP contribution in [0.3, 0.4) is 0 Å². The first-order valence-corrected chi connectivity index (χ1v) is 5.54. The third kappa shape index (κ3) is 2.21. The van der Waals surface area contributed by atoms with Crippen LogP contribution < -0.4 is 0 Å². The number of hydrogen-bond donors (Lipinski definition) is 0. The summed E-state index contributed by atoms with van der Waals surface area (Å²) >= 11 is 0. The summed E-state index contributed by atoms with van der Waals surface area (Å²) in [5.74, 6) is 0.290. The minimum atomic E-state index is -0.0996. The van der Waals surface area contributed by atoms with Crippen LogP contribution in [-0.4, -0.2) is 18.5 Å². The van der Waals surface area contributed by atoms with Crippen LogP contribution in [0.4, 0.5) is 0 Å². The van der Waals surface area contributed by atoms with Gasteiger partial charge < -0.3 is 9.47 Å². The molecule has 2 heteroatoms. The van der Waals surface area contributed by atoms with Crippen LogP contribution >= 0.6 is 0 Å². The molecule has 1 heterocycles. The van der Waals surface area contributed by atoms with Crippen LogP contribution in [0, 0.1) is 0 Å². The maximum Gasteiger partial charge on any atom is 0.165 e. The highest BCUT2D eigenvalue weighted by molar-refractivity contribution is 5.19. The van der Waals surface area contributed by atoms with Crippen molar-refractivity contribution in [1.82, 2.24) is 0 Å². The largest absolute Gasteiger partial charge is 0.346 e. The summed E-state index contributed by atoms with van der Waals surface area (Å²) in [5, 5.41) is 0. The van der Waals surface area contributed by atoms with Gasteiger partial charge in [0, 0.05) is 5.92 Å². The lowest BCUT2D eigenvalue weighted by atomic mass is 10.0. The Morgan fingerprint density at radius 1 is 1.00 bits per heavy atom. The van der Waals surface area contributed by atoms with Crippen molar-refractivity contribution in [2.24, 2.45) is 0 Å². The van der Waals surface area contributed by atoms with Crippen molar-refractivity contribution < 1.29 is 9.47 Å². The maximum absolute atomic E-state index is 5.77. The summed E-state index contributed by atoms with van der Waals surface area (Å²) in [5.41, 5.74) is 1.27. The molecule has 1 saturated heterocycles. The van der Waals surface area contributed by atoms with E-state index in [1.54, 1.807) is 0 Å². The van der Waals surface area contributed by atoms with E-state index in [0.29, 0.717) is 5.92 Å². The first-order chi connectivity index (χ1) is 7.18. The van der Waals surface area contributed by atoms with Gasteiger partial charge in [0.15, 0.2) is 6.29 Å². The van der Waals surface area contributed by atoms with E-state index in [1.165, 1.54) is 5.56 Å². The molecule has 0 spiro atoms. The molecule has 0 radical (unpaired) electrons. The van der Waals surface area contributed by atoms with Crippen LogP contribution in [0.2, 0.25) is 0 Å². The molecule has 82 valence electrons. The van der Waals surface area contributed by atoms with Crippen LogP contribution in [0.5, 0.6) is 0 Å². The molecular formula is C13H18O2. The highest BCUT2D eigenvalue weighted by Crippen LogP contribution is 2.29. The molecule has 0 bridgehead atoms. The zero-order valence-corrected chi connectivity index (χ0v) is 9.51. The van der Waals surface area contributed by atoms with E-state index in [4.69, 9.17) is 9.47 Å². The number of rotatable bonds is 2. The van der Waals surface area contributed by atoms with Gasteiger partial charge in [0.1, 0.15) is 0 Å². The molecule has 1 aromatic carbocycles. The smallest absolute Gasteiger partial charge is 0.165 e. The molecule has 0 aromatic heterocycles. The van der Waals surface area contributed by atoms with Crippen LogP contribution in [0.15, 0.2) is 30.3 Å². The molecule has 1 fully saturated rings. The van der Waals surface area contributed by atoms with Crippen molar-refractivity contribution in [3.8, 4) is 0 Å². The summed E-state index contributed by atoms with van der Waals surface area (Å²) in [6, 6.07) is 10.4. The van der Waals surface area contributed by atoms with E-state index < -0.39 is 0 Å². The monoisotopic (exact) mass is 206 g/mol. The van der Waals surface area contributed by atoms with Gasteiger partial charge in [-0.25, -0.2) is 0 Å². The van der Waals surface area contributed by atoms with E-state index in [2.05, 4.69) is 32.9 Å². The second-order valence-electron chi connectivity index (χ2n) is 4.25. The number of benzene rings is 1. The van der Waals surface area contributed by atoms with Gasteiger partial charge in [0.2, 0.25) is 0 Å². The summed E-state index contributed by atoms with van der Waals surface area (Å²) in [6.07, 6.45) is 0.291. The Balaban J connectivity index is 2.07. The molecule has 0 saturated carbocycles. The molecule has 0 amide bonds. The third-order valence-corrected chi connectivity index (χ3v) is 3.09. The average molecular weight is 206 g/mol. The molecule has 15 heavy (non-hydrogen) atoms. The molecule has 1 aliphatic heterocycles. The number of hydrogen-bond acceptors (Lipinski definition) is 2. The summed E-state index contributed by atoms with van der Waals surface area (Å²) < 4.78 is 11.5. The standard InChI is InChI=1S/C13H18O2/c1-9(12-7-5-4-6-8-12)13-14-10(2)11(3)15-13/h4-11,13H,1-3H3. The van der Waals surface area contributed by atoms with Crippen molar-refractivity contribution in [1.29, 1.82) is 0 Å². The zero-order chi connectivity index (χ0) is 10.8.